The Balaban J connectivity index is 1.67. The quantitative estimate of drug-likeness (QED) is 0.503. The Morgan fingerprint density at radius 1 is 1.29 bits per heavy atom. The van der Waals surface area contributed by atoms with Crippen molar-refractivity contribution in [3.05, 3.63) is 45.2 Å². The van der Waals surface area contributed by atoms with E-state index in [1.807, 2.05) is 25.1 Å². The Morgan fingerprint density at radius 3 is 3.10 bits per heavy atom. The number of hydrogen-bond donors (Lipinski definition) is 5. The van der Waals surface area contributed by atoms with Crippen LogP contribution >= 0.6 is 11.3 Å². The smallest absolute Gasteiger partial charge is 0.305 e. The van der Waals surface area contributed by atoms with E-state index in [9.17, 15) is 4.79 Å². The first kappa shape index (κ1) is 12.5. The molecule has 5 N–H and O–H groups in total. The molecular formula is C14H15N5OS. The lowest BCUT2D eigenvalue weighted by Crippen LogP contribution is -2.36. The van der Waals surface area contributed by atoms with Gasteiger partial charge in [-0.3, -0.25) is 10.1 Å². The molecule has 0 saturated heterocycles. The summed E-state index contributed by atoms with van der Waals surface area (Å²) in [5.74, 6) is 1.05. The van der Waals surface area contributed by atoms with Crippen LogP contribution in [0.3, 0.4) is 0 Å². The zero-order chi connectivity index (χ0) is 14.4. The minimum atomic E-state index is -0.0225. The second-order valence-corrected chi connectivity index (χ2v) is 6.16. The van der Waals surface area contributed by atoms with Gasteiger partial charge >= 0.3 is 4.87 Å². The molecule has 0 amide bonds. The number of rotatable bonds is 2. The van der Waals surface area contributed by atoms with E-state index >= 15 is 0 Å². The van der Waals surface area contributed by atoms with Gasteiger partial charge in [0.2, 0.25) is 0 Å². The maximum absolute atomic E-state index is 11.4. The molecule has 4 rings (SSSR count). The van der Waals surface area contributed by atoms with E-state index in [4.69, 9.17) is 0 Å². The van der Waals surface area contributed by atoms with Crippen molar-refractivity contribution in [3.8, 4) is 0 Å². The SMILES string of the molecule is Cc1cc2c([nH]1)NCNC2Nc1ccc2[nH]c(=O)sc2c1. The molecule has 0 aliphatic carbocycles. The third-order valence-electron chi connectivity index (χ3n) is 3.60. The Bertz CT molecular complexity index is 862. The van der Waals surface area contributed by atoms with Crippen LogP contribution in [-0.4, -0.2) is 16.6 Å². The zero-order valence-corrected chi connectivity index (χ0v) is 12.2. The summed E-state index contributed by atoms with van der Waals surface area (Å²) in [6.07, 6.45) is 0.0410. The molecule has 0 saturated carbocycles. The van der Waals surface area contributed by atoms with E-state index in [1.54, 1.807) is 0 Å². The van der Waals surface area contributed by atoms with Crippen LogP contribution in [0.2, 0.25) is 0 Å². The number of aryl methyl sites for hydroxylation is 1. The van der Waals surface area contributed by atoms with Gasteiger partial charge in [0, 0.05) is 16.9 Å². The minimum absolute atomic E-state index is 0.0225. The van der Waals surface area contributed by atoms with E-state index in [2.05, 4.69) is 32.0 Å². The number of nitrogens with one attached hydrogen (secondary N) is 5. The summed E-state index contributed by atoms with van der Waals surface area (Å²) in [6, 6.07) is 8.04. The van der Waals surface area contributed by atoms with Crippen LogP contribution in [0.4, 0.5) is 11.5 Å². The Morgan fingerprint density at radius 2 is 2.19 bits per heavy atom. The fourth-order valence-corrected chi connectivity index (χ4v) is 3.44. The van der Waals surface area contributed by atoms with E-state index in [1.165, 1.54) is 16.9 Å². The highest BCUT2D eigenvalue weighted by molar-refractivity contribution is 7.16. The van der Waals surface area contributed by atoms with Crippen LogP contribution in [0.25, 0.3) is 10.2 Å². The number of H-pyrrole nitrogens is 2. The van der Waals surface area contributed by atoms with Crippen molar-refractivity contribution in [1.29, 1.82) is 0 Å². The molecule has 2 aromatic heterocycles. The summed E-state index contributed by atoms with van der Waals surface area (Å²) in [5.41, 5.74) is 4.16. The molecule has 0 spiro atoms. The molecule has 1 aliphatic rings. The first-order chi connectivity index (χ1) is 10.2. The molecule has 7 heteroatoms. The number of hydrogen-bond acceptors (Lipinski definition) is 5. The predicted molar refractivity (Wildman–Crippen MR) is 86.0 cm³/mol. The topological polar surface area (TPSA) is 84.7 Å². The lowest BCUT2D eigenvalue weighted by molar-refractivity contribution is 0.596. The van der Waals surface area contributed by atoms with Gasteiger partial charge in [-0.25, -0.2) is 0 Å². The lowest BCUT2D eigenvalue weighted by atomic mass is 10.2. The molecule has 6 nitrogen and oxygen atoms in total. The summed E-state index contributed by atoms with van der Waals surface area (Å²) in [4.78, 5) is 17.5. The highest BCUT2D eigenvalue weighted by Gasteiger charge is 2.21. The predicted octanol–water partition coefficient (Wildman–Crippen LogP) is 2.31. The van der Waals surface area contributed by atoms with Gasteiger partial charge in [0.15, 0.2) is 0 Å². The van der Waals surface area contributed by atoms with Gasteiger partial charge in [0.05, 0.1) is 16.9 Å². The fourth-order valence-electron chi connectivity index (χ4n) is 2.67. The van der Waals surface area contributed by atoms with E-state index < -0.39 is 0 Å². The van der Waals surface area contributed by atoms with Gasteiger partial charge in [0.1, 0.15) is 12.0 Å². The number of aromatic nitrogens is 2. The first-order valence-electron chi connectivity index (χ1n) is 6.75. The highest BCUT2D eigenvalue weighted by Crippen LogP contribution is 2.29. The van der Waals surface area contributed by atoms with Crippen molar-refractivity contribution >= 4 is 33.1 Å². The van der Waals surface area contributed by atoms with Gasteiger partial charge in [-0.1, -0.05) is 11.3 Å². The van der Waals surface area contributed by atoms with Crippen molar-refractivity contribution in [2.75, 3.05) is 17.3 Å². The number of aromatic amines is 2. The summed E-state index contributed by atoms with van der Waals surface area (Å²) in [6.45, 7) is 2.74. The minimum Gasteiger partial charge on any atom is -0.366 e. The van der Waals surface area contributed by atoms with Crippen LogP contribution < -0.4 is 20.8 Å². The van der Waals surface area contributed by atoms with Crippen LogP contribution in [0.15, 0.2) is 29.1 Å². The largest absolute Gasteiger partial charge is 0.366 e. The Hall–Kier alpha value is -2.25. The third-order valence-corrected chi connectivity index (χ3v) is 4.44. The van der Waals surface area contributed by atoms with E-state index in [-0.39, 0.29) is 11.0 Å². The van der Waals surface area contributed by atoms with Crippen molar-refractivity contribution in [2.24, 2.45) is 0 Å². The normalized spacial score (nSPS) is 17.5. The van der Waals surface area contributed by atoms with Crippen molar-refractivity contribution in [2.45, 2.75) is 13.1 Å². The number of anilines is 2. The second-order valence-electron chi connectivity index (χ2n) is 5.14. The van der Waals surface area contributed by atoms with Crippen LogP contribution in [0, 0.1) is 6.92 Å². The molecule has 0 radical (unpaired) electrons. The molecule has 1 unspecified atom stereocenters. The molecule has 0 bridgehead atoms. The zero-order valence-electron chi connectivity index (χ0n) is 11.4. The number of benzene rings is 1. The van der Waals surface area contributed by atoms with Crippen molar-refractivity contribution < 1.29 is 0 Å². The molecule has 1 atom stereocenters. The molecule has 0 fully saturated rings. The maximum Gasteiger partial charge on any atom is 0.305 e. The number of thiazole rings is 1. The van der Waals surface area contributed by atoms with Gasteiger partial charge in [0.25, 0.3) is 0 Å². The number of fused-ring (bicyclic) bond motifs is 2. The summed E-state index contributed by atoms with van der Waals surface area (Å²) < 4.78 is 0.962. The summed E-state index contributed by atoms with van der Waals surface area (Å²) in [5, 5.41) is 10.1. The molecule has 1 aromatic carbocycles. The molecular weight excluding hydrogens is 286 g/mol. The first-order valence-corrected chi connectivity index (χ1v) is 7.57. The standard InChI is InChI=1S/C14H15N5OS/c1-7-4-9-12(17-7)15-6-16-13(9)18-8-2-3-10-11(5-8)21-14(20)19-10/h2-5,13,15-18H,6H2,1H3,(H,19,20). The van der Waals surface area contributed by atoms with Gasteiger partial charge in [-0.05, 0) is 31.2 Å². The van der Waals surface area contributed by atoms with Crippen LogP contribution in [-0.2, 0) is 0 Å². The summed E-state index contributed by atoms with van der Waals surface area (Å²) in [7, 11) is 0. The van der Waals surface area contributed by atoms with Gasteiger partial charge in [-0.15, -0.1) is 0 Å². The monoisotopic (exact) mass is 301 g/mol. The Labute approximate surface area is 124 Å². The highest BCUT2D eigenvalue weighted by atomic mass is 32.1. The van der Waals surface area contributed by atoms with Gasteiger partial charge < -0.3 is 20.6 Å². The van der Waals surface area contributed by atoms with E-state index in [0.29, 0.717) is 6.67 Å². The molecule has 3 aromatic rings. The second kappa shape index (κ2) is 4.64. The maximum atomic E-state index is 11.4. The summed E-state index contributed by atoms with van der Waals surface area (Å²) >= 11 is 1.23. The lowest BCUT2D eigenvalue weighted by Gasteiger charge is -2.27. The van der Waals surface area contributed by atoms with Crippen LogP contribution in [0.5, 0.6) is 0 Å². The van der Waals surface area contributed by atoms with Gasteiger partial charge in [-0.2, -0.15) is 0 Å². The average molecular weight is 301 g/mol. The Kier molecular flexibility index (Phi) is 2.76. The third kappa shape index (κ3) is 2.20. The average Bonchev–Trinajstić information content (AvgIpc) is 2.99. The molecule has 21 heavy (non-hydrogen) atoms. The van der Waals surface area contributed by atoms with Crippen molar-refractivity contribution in [1.82, 2.24) is 15.3 Å². The molecule has 1 aliphatic heterocycles. The van der Waals surface area contributed by atoms with Crippen LogP contribution in [0.1, 0.15) is 17.4 Å². The fraction of sp³-hybridized carbons (Fsp3) is 0.214. The van der Waals surface area contributed by atoms with E-state index in [0.717, 1.165) is 27.4 Å². The molecule has 108 valence electrons. The molecule has 3 heterocycles. The van der Waals surface area contributed by atoms with Crippen molar-refractivity contribution in [3.63, 3.8) is 0 Å².